The molecule has 1 atom stereocenters. The van der Waals surface area contributed by atoms with E-state index in [-0.39, 0.29) is 12.2 Å². The molecule has 10 heteroatoms. The van der Waals surface area contributed by atoms with Crippen molar-refractivity contribution in [3.8, 4) is 5.75 Å². The van der Waals surface area contributed by atoms with E-state index < -0.39 is 17.6 Å². The number of rotatable bonds is 11. The van der Waals surface area contributed by atoms with Gasteiger partial charge < -0.3 is 24.4 Å². The lowest BCUT2D eigenvalue weighted by molar-refractivity contribution is -0.147. The molecule has 1 aliphatic rings. The van der Waals surface area contributed by atoms with Crippen LogP contribution in [-0.2, 0) is 9.53 Å². The summed E-state index contributed by atoms with van der Waals surface area (Å²) in [5, 5.41) is 12.2. The summed E-state index contributed by atoms with van der Waals surface area (Å²) in [6.45, 7) is 4.73. The molecule has 1 N–H and O–H groups in total. The number of para-hydroxylation sites is 1. The number of ether oxygens (including phenoxy) is 2. The zero-order valence-electron chi connectivity index (χ0n) is 21.0. The van der Waals surface area contributed by atoms with Crippen molar-refractivity contribution in [3.05, 3.63) is 51.7 Å². The molecule has 0 fully saturated rings. The second kappa shape index (κ2) is 13.2. The second-order valence-corrected chi connectivity index (χ2v) is 9.66. The van der Waals surface area contributed by atoms with Crippen LogP contribution in [0.1, 0.15) is 26.2 Å². The number of aliphatic hydroxyl groups is 1. The first-order valence-corrected chi connectivity index (χ1v) is 12.3. The molecular weight excluding hydrogens is 493 g/mol. The average Bonchev–Trinajstić information content (AvgIpc) is 2.80. The van der Waals surface area contributed by atoms with Crippen LogP contribution in [0.5, 0.6) is 5.75 Å². The molecule has 1 aromatic rings. The maximum Gasteiger partial charge on any atom is 0.414 e. The molecule has 0 heterocycles. The summed E-state index contributed by atoms with van der Waals surface area (Å²) in [5.74, 6) is -0.148. The number of halogens is 2. The van der Waals surface area contributed by atoms with Crippen LogP contribution in [0.4, 0.5) is 4.79 Å². The van der Waals surface area contributed by atoms with E-state index in [9.17, 15) is 14.7 Å². The van der Waals surface area contributed by atoms with Crippen LogP contribution in [-0.4, -0.2) is 91.8 Å². The first-order chi connectivity index (χ1) is 16.5. The zero-order valence-corrected chi connectivity index (χ0v) is 22.5. The van der Waals surface area contributed by atoms with E-state index in [2.05, 4.69) is 11.8 Å². The van der Waals surface area contributed by atoms with E-state index in [0.717, 1.165) is 18.5 Å². The van der Waals surface area contributed by atoms with Crippen LogP contribution in [0.15, 0.2) is 41.7 Å². The van der Waals surface area contributed by atoms with E-state index in [4.69, 9.17) is 32.7 Å². The number of hydrogen-bond donors (Lipinski definition) is 1. The number of nitrogens with zero attached hydrogens (tertiary/aromatic N) is 3. The highest BCUT2D eigenvalue weighted by Crippen LogP contribution is 2.34. The molecule has 0 aliphatic heterocycles. The number of hydrogen-bond acceptors (Lipinski definition) is 6. The lowest BCUT2D eigenvalue weighted by Gasteiger charge is -2.34. The van der Waals surface area contributed by atoms with Gasteiger partial charge in [0.2, 0.25) is 5.60 Å². The van der Waals surface area contributed by atoms with Gasteiger partial charge in [0.25, 0.3) is 5.91 Å². The lowest BCUT2D eigenvalue weighted by atomic mass is 9.85. The Balaban J connectivity index is 2.07. The maximum atomic E-state index is 12.9. The Morgan fingerprint density at radius 2 is 1.69 bits per heavy atom. The molecule has 2 amide bonds. The summed E-state index contributed by atoms with van der Waals surface area (Å²) in [6, 6.07) is 5.23. The van der Waals surface area contributed by atoms with E-state index in [0.29, 0.717) is 41.9 Å². The minimum Gasteiger partial charge on any atom is -0.489 e. The fourth-order valence-electron chi connectivity index (χ4n) is 3.68. The molecule has 1 aliphatic carbocycles. The molecule has 1 unspecified atom stereocenters. The Morgan fingerprint density at radius 1 is 1.03 bits per heavy atom. The highest BCUT2D eigenvalue weighted by molar-refractivity contribution is 6.37. The van der Waals surface area contributed by atoms with Crippen LogP contribution in [0.3, 0.4) is 0 Å². The Bertz CT molecular complexity index is 944. The van der Waals surface area contributed by atoms with Crippen molar-refractivity contribution in [1.29, 1.82) is 0 Å². The first kappa shape index (κ1) is 29.0. The molecule has 0 saturated heterocycles. The first-order valence-electron chi connectivity index (χ1n) is 11.5. The minimum absolute atomic E-state index is 0.0439. The van der Waals surface area contributed by atoms with Gasteiger partial charge in [-0.1, -0.05) is 47.8 Å². The van der Waals surface area contributed by atoms with Crippen LogP contribution >= 0.6 is 23.2 Å². The molecule has 0 bridgehead atoms. The Labute approximate surface area is 217 Å². The van der Waals surface area contributed by atoms with Crippen molar-refractivity contribution < 1.29 is 24.2 Å². The van der Waals surface area contributed by atoms with Crippen molar-refractivity contribution >= 4 is 35.2 Å². The Hall–Kier alpha value is -2.26. The van der Waals surface area contributed by atoms with Crippen LogP contribution in [0, 0.1) is 0 Å². The quantitative estimate of drug-likeness (QED) is 0.464. The Kier molecular flexibility index (Phi) is 10.9. The lowest BCUT2D eigenvalue weighted by Crippen LogP contribution is -2.50. The summed E-state index contributed by atoms with van der Waals surface area (Å²) in [6.07, 6.45) is 4.28. The van der Waals surface area contributed by atoms with Crippen molar-refractivity contribution in [2.24, 2.45) is 0 Å². The summed E-state index contributed by atoms with van der Waals surface area (Å²) >= 11 is 12.4. The predicted molar refractivity (Wildman–Crippen MR) is 138 cm³/mol. The Morgan fingerprint density at radius 3 is 2.26 bits per heavy atom. The van der Waals surface area contributed by atoms with Crippen LogP contribution < -0.4 is 4.74 Å². The molecule has 0 spiro atoms. The molecular formula is C25H35Cl2N3O5. The highest BCUT2D eigenvalue weighted by atomic mass is 35.5. The van der Waals surface area contributed by atoms with Gasteiger partial charge in [-0.25, -0.2) is 4.79 Å². The van der Waals surface area contributed by atoms with Crippen LogP contribution in [0.25, 0.3) is 0 Å². The summed E-state index contributed by atoms with van der Waals surface area (Å²) in [5.41, 5.74) is -1.07. The van der Waals surface area contributed by atoms with Crippen LogP contribution in [0.2, 0.25) is 10.0 Å². The van der Waals surface area contributed by atoms with Crippen molar-refractivity contribution in [2.45, 2.75) is 31.8 Å². The number of carbonyl (C=O) groups excluding carboxylic acids is 2. The van der Waals surface area contributed by atoms with E-state index in [1.165, 1.54) is 30.0 Å². The normalized spacial score (nSPS) is 17.5. The summed E-state index contributed by atoms with van der Waals surface area (Å²) < 4.78 is 11.1. The van der Waals surface area contributed by atoms with Gasteiger partial charge >= 0.3 is 6.09 Å². The second-order valence-electron chi connectivity index (χ2n) is 8.85. The van der Waals surface area contributed by atoms with Gasteiger partial charge in [0.15, 0.2) is 11.5 Å². The third-order valence-electron chi connectivity index (χ3n) is 5.55. The van der Waals surface area contributed by atoms with Gasteiger partial charge in [0, 0.05) is 47.7 Å². The highest BCUT2D eigenvalue weighted by Gasteiger charge is 2.45. The number of allylic oxidation sites excluding steroid dienone is 2. The van der Waals surface area contributed by atoms with Gasteiger partial charge in [-0.3, -0.25) is 9.69 Å². The van der Waals surface area contributed by atoms with Gasteiger partial charge in [0.05, 0.1) is 10.0 Å². The fourth-order valence-corrected chi connectivity index (χ4v) is 4.19. The number of benzene rings is 1. The van der Waals surface area contributed by atoms with Crippen molar-refractivity contribution in [3.63, 3.8) is 0 Å². The van der Waals surface area contributed by atoms with E-state index >= 15 is 0 Å². The number of carbonyl (C=O) groups is 2. The number of likely N-dealkylation sites (N-methyl/N-ethyl adjacent to an activating group) is 1. The van der Waals surface area contributed by atoms with Crippen molar-refractivity contribution in [2.75, 3.05) is 54.4 Å². The van der Waals surface area contributed by atoms with E-state index in [1.807, 2.05) is 0 Å². The van der Waals surface area contributed by atoms with Gasteiger partial charge in [-0.2, -0.15) is 0 Å². The van der Waals surface area contributed by atoms with Gasteiger partial charge in [-0.05, 0) is 37.6 Å². The largest absolute Gasteiger partial charge is 0.489 e. The third-order valence-corrected chi connectivity index (χ3v) is 6.14. The fraction of sp³-hybridized carbons (Fsp3) is 0.520. The van der Waals surface area contributed by atoms with Gasteiger partial charge in [-0.15, -0.1) is 0 Å². The molecule has 0 radical (unpaired) electrons. The van der Waals surface area contributed by atoms with Crippen molar-refractivity contribution in [1.82, 2.24) is 14.7 Å². The summed E-state index contributed by atoms with van der Waals surface area (Å²) in [4.78, 5) is 29.7. The minimum atomic E-state index is -1.95. The molecule has 35 heavy (non-hydrogen) atoms. The molecule has 2 rings (SSSR count). The monoisotopic (exact) mass is 527 g/mol. The third kappa shape index (κ3) is 7.87. The molecule has 0 saturated carbocycles. The number of amides is 2. The smallest absolute Gasteiger partial charge is 0.414 e. The SMILES string of the molecule is CCCN(CCOc1c(Cl)cccc1Cl)CCC1=CC=C(OC(=O)N(C)C)C(O)(C(=O)N(C)C)C1. The molecule has 194 valence electrons. The standard InChI is InChI=1S/C25H35Cl2N3O5/c1-6-13-30(15-16-34-22-19(26)8-7-9-20(22)27)14-12-18-10-11-21(35-24(32)29(4)5)25(33,17-18)23(31)28(2)3/h7-11,33H,6,12-17H2,1-5H3. The average molecular weight is 528 g/mol. The topological polar surface area (TPSA) is 82.5 Å². The zero-order chi connectivity index (χ0) is 26.2. The predicted octanol–water partition coefficient (Wildman–Crippen LogP) is 4.21. The van der Waals surface area contributed by atoms with E-state index in [1.54, 1.807) is 38.4 Å². The molecule has 8 nitrogen and oxygen atoms in total. The van der Waals surface area contributed by atoms with Gasteiger partial charge in [0.1, 0.15) is 6.61 Å². The maximum absolute atomic E-state index is 12.9. The summed E-state index contributed by atoms with van der Waals surface area (Å²) in [7, 11) is 6.17. The molecule has 0 aromatic heterocycles. The molecule has 1 aromatic carbocycles.